The highest BCUT2D eigenvalue weighted by Gasteiger charge is 2.32. The van der Waals surface area contributed by atoms with Crippen LogP contribution >= 0.6 is 0 Å². The zero-order chi connectivity index (χ0) is 17.1. The Morgan fingerprint density at radius 2 is 1.68 bits per heavy atom. The molecule has 4 nitrogen and oxygen atoms in total. The minimum atomic E-state index is -4.46. The second kappa shape index (κ2) is 6.78. The SMILES string of the molecule is COC(=O)[C@H](NS(=O)C(C)(C)C)c1ccc(C(F)(F)F)cc1. The van der Waals surface area contributed by atoms with E-state index in [1.807, 2.05) is 0 Å². The predicted molar refractivity (Wildman–Crippen MR) is 77.2 cm³/mol. The zero-order valence-electron chi connectivity index (χ0n) is 12.7. The molecule has 1 unspecified atom stereocenters. The molecule has 1 aromatic carbocycles. The topological polar surface area (TPSA) is 55.4 Å². The van der Waals surface area contributed by atoms with Crippen molar-refractivity contribution in [2.75, 3.05) is 7.11 Å². The minimum Gasteiger partial charge on any atom is -0.468 e. The highest BCUT2D eigenvalue weighted by Crippen LogP contribution is 2.30. The molecule has 0 aliphatic rings. The Labute approximate surface area is 129 Å². The molecule has 0 amide bonds. The standard InChI is InChI=1S/C14H18F3NO3S/c1-13(2,3)22(20)18-11(12(19)21-4)9-5-7-10(8-6-9)14(15,16)17/h5-8,11,18H,1-4H3/t11-,22?/m1/s1. The van der Waals surface area contributed by atoms with E-state index in [9.17, 15) is 22.2 Å². The van der Waals surface area contributed by atoms with Gasteiger partial charge in [-0.1, -0.05) is 12.1 Å². The Balaban J connectivity index is 3.08. The Kier molecular flexibility index (Phi) is 5.75. The van der Waals surface area contributed by atoms with Gasteiger partial charge in [-0.15, -0.1) is 0 Å². The molecule has 0 spiro atoms. The lowest BCUT2D eigenvalue weighted by molar-refractivity contribution is -0.142. The lowest BCUT2D eigenvalue weighted by atomic mass is 10.1. The Hall–Kier alpha value is -1.41. The van der Waals surface area contributed by atoms with Crippen molar-refractivity contribution < 1.29 is 26.9 Å². The smallest absolute Gasteiger partial charge is 0.416 e. The maximum atomic E-state index is 12.6. The molecule has 0 heterocycles. The molecule has 0 radical (unpaired) electrons. The van der Waals surface area contributed by atoms with Crippen LogP contribution in [0.3, 0.4) is 0 Å². The van der Waals surface area contributed by atoms with Gasteiger partial charge in [0.2, 0.25) is 0 Å². The number of hydrogen-bond acceptors (Lipinski definition) is 3. The second-order valence-corrected chi connectivity index (χ2v) is 7.57. The molecule has 22 heavy (non-hydrogen) atoms. The van der Waals surface area contributed by atoms with Gasteiger partial charge in [0.25, 0.3) is 0 Å². The van der Waals surface area contributed by atoms with Crippen molar-refractivity contribution in [3.05, 3.63) is 35.4 Å². The number of halogens is 3. The first-order valence-electron chi connectivity index (χ1n) is 6.40. The van der Waals surface area contributed by atoms with Crippen LogP contribution in [0, 0.1) is 0 Å². The molecule has 0 bridgehead atoms. The van der Waals surface area contributed by atoms with Crippen molar-refractivity contribution >= 4 is 17.0 Å². The van der Waals surface area contributed by atoms with E-state index in [0.29, 0.717) is 0 Å². The number of ether oxygens (including phenoxy) is 1. The number of esters is 1. The van der Waals surface area contributed by atoms with Gasteiger partial charge in [0.1, 0.15) is 6.04 Å². The maximum absolute atomic E-state index is 12.6. The van der Waals surface area contributed by atoms with Gasteiger partial charge in [-0.05, 0) is 38.5 Å². The van der Waals surface area contributed by atoms with Gasteiger partial charge in [-0.3, -0.25) is 0 Å². The summed E-state index contributed by atoms with van der Waals surface area (Å²) in [4.78, 5) is 11.8. The molecule has 0 aromatic heterocycles. The van der Waals surface area contributed by atoms with Gasteiger partial charge in [0.15, 0.2) is 0 Å². The molecule has 124 valence electrons. The summed E-state index contributed by atoms with van der Waals surface area (Å²) in [6, 6.07) is 2.96. The van der Waals surface area contributed by atoms with Crippen LogP contribution < -0.4 is 4.72 Å². The fourth-order valence-corrected chi connectivity index (χ4v) is 2.32. The Bertz CT molecular complexity index is 550. The van der Waals surface area contributed by atoms with Crippen molar-refractivity contribution in [3.8, 4) is 0 Å². The van der Waals surface area contributed by atoms with E-state index >= 15 is 0 Å². The van der Waals surface area contributed by atoms with E-state index in [0.717, 1.165) is 31.4 Å². The summed E-state index contributed by atoms with van der Waals surface area (Å²) in [6.45, 7) is 5.12. The van der Waals surface area contributed by atoms with E-state index in [-0.39, 0.29) is 5.56 Å². The van der Waals surface area contributed by atoms with Crippen molar-refractivity contribution in [3.63, 3.8) is 0 Å². The number of alkyl halides is 3. The zero-order valence-corrected chi connectivity index (χ0v) is 13.5. The van der Waals surface area contributed by atoms with Gasteiger partial charge in [-0.25, -0.2) is 13.7 Å². The molecule has 1 rings (SSSR count). The van der Waals surface area contributed by atoms with Gasteiger partial charge >= 0.3 is 12.1 Å². The number of hydrogen-bond donors (Lipinski definition) is 1. The predicted octanol–water partition coefficient (Wildman–Crippen LogP) is 2.97. The fourth-order valence-electron chi connectivity index (χ4n) is 1.52. The third-order valence-corrected chi connectivity index (χ3v) is 4.35. The minimum absolute atomic E-state index is 0.248. The molecule has 1 N–H and O–H groups in total. The first-order valence-corrected chi connectivity index (χ1v) is 7.55. The Morgan fingerprint density at radius 3 is 2.05 bits per heavy atom. The van der Waals surface area contributed by atoms with Crippen molar-refractivity contribution in [2.45, 2.75) is 37.7 Å². The summed E-state index contributed by atoms with van der Waals surface area (Å²) in [5.74, 6) is -0.725. The molecule has 0 saturated heterocycles. The van der Waals surface area contributed by atoms with Crippen LogP contribution in [-0.2, 0) is 26.7 Å². The molecule has 0 aliphatic carbocycles. The van der Waals surface area contributed by atoms with Gasteiger partial charge in [-0.2, -0.15) is 13.2 Å². The molecule has 1 aromatic rings. The molecule has 2 atom stereocenters. The average molecular weight is 337 g/mol. The fraction of sp³-hybridized carbons (Fsp3) is 0.500. The van der Waals surface area contributed by atoms with Crippen LogP contribution in [0.1, 0.15) is 37.9 Å². The van der Waals surface area contributed by atoms with Crippen LogP contribution in [0.5, 0.6) is 0 Å². The van der Waals surface area contributed by atoms with Gasteiger partial charge in [0, 0.05) is 0 Å². The van der Waals surface area contributed by atoms with E-state index < -0.39 is 39.5 Å². The second-order valence-electron chi connectivity index (χ2n) is 5.57. The molecule has 0 saturated carbocycles. The molecule has 8 heteroatoms. The van der Waals surface area contributed by atoms with Crippen molar-refractivity contribution in [1.29, 1.82) is 0 Å². The lowest BCUT2D eigenvalue weighted by Gasteiger charge is -2.23. The number of benzene rings is 1. The van der Waals surface area contributed by atoms with Crippen LogP contribution in [0.15, 0.2) is 24.3 Å². The number of methoxy groups -OCH3 is 1. The first-order chi connectivity index (χ1) is 9.96. The largest absolute Gasteiger partial charge is 0.468 e. The molecule has 0 aliphatic heterocycles. The normalized spacial score (nSPS) is 15.2. The third kappa shape index (κ3) is 4.81. The molecular formula is C14H18F3NO3S. The van der Waals surface area contributed by atoms with E-state index in [1.165, 1.54) is 0 Å². The first kappa shape index (κ1) is 18.6. The summed E-state index contributed by atoms with van der Waals surface area (Å²) in [7, 11) is -0.432. The van der Waals surface area contributed by atoms with Crippen molar-refractivity contribution in [1.82, 2.24) is 4.72 Å². The number of rotatable bonds is 4. The van der Waals surface area contributed by atoms with Gasteiger partial charge < -0.3 is 4.74 Å². The van der Waals surface area contributed by atoms with Gasteiger partial charge in [0.05, 0.1) is 28.4 Å². The summed E-state index contributed by atoms with van der Waals surface area (Å²) in [5.41, 5.74) is -0.575. The van der Waals surface area contributed by atoms with Crippen molar-refractivity contribution in [2.24, 2.45) is 0 Å². The summed E-state index contributed by atoms with van der Waals surface area (Å²) >= 11 is 0. The van der Waals surface area contributed by atoms with Crippen LogP contribution in [0.25, 0.3) is 0 Å². The quantitative estimate of drug-likeness (QED) is 0.860. The van der Waals surface area contributed by atoms with E-state index in [4.69, 9.17) is 0 Å². The summed E-state index contributed by atoms with van der Waals surface area (Å²) < 4.78 is 56.4. The third-order valence-electron chi connectivity index (χ3n) is 2.79. The average Bonchev–Trinajstić information content (AvgIpc) is 2.41. The highest BCUT2D eigenvalue weighted by atomic mass is 32.2. The Morgan fingerprint density at radius 1 is 1.18 bits per heavy atom. The summed E-state index contributed by atoms with van der Waals surface area (Å²) in [6.07, 6.45) is -4.46. The molecular weight excluding hydrogens is 319 g/mol. The summed E-state index contributed by atoms with van der Waals surface area (Å²) in [5, 5.41) is 0. The molecule has 0 fully saturated rings. The maximum Gasteiger partial charge on any atom is 0.416 e. The lowest BCUT2D eigenvalue weighted by Crippen LogP contribution is -2.39. The monoisotopic (exact) mass is 337 g/mol. The van der Waals surface area contributed by atoms with Crippen LogP contribution in [0.4, 0.5) is 13.2 Å². The highest BCUT2D eigenvalue weighted by molar-refractivity contribution is 7.84. The number of carbonyl (C=O) groups is 1. The number of nitrogens with one attached hydrogen (secondary N) is 1. The van der Waals surface area contributed by atoms with E-state index in [1.54, 1.807) is 20.8 Å². The van der Waals surface area contributed by atoms with E-state index in [2.05, 4.69) is 9.46 Å². The van der Waals surface area contributed by atoms with Crippen LogP contribution in [-0.4, -0.2) is 22.0 Å². The number of carbonyl (C=O) groups excluding carboxylic acids is 1. The van der Waals surface area contributed by atoms with Crippen LogP contribution in [0.2, 0.25) is 0 Å².